The summed E-state index contributed by atoms with van der Waals surface area (Å²) in [6.07, 6.45) is 0.922. The van der Waals surface area contributed by atoms with E-state index in [9.17, 15) is 0 Å². The van der Waals surface area contributed by atoms with Crippen molar-refractivity contribution < 1.29 is 0 Å². The van der Waals surface area contributed by atoms with Gasteiger partial charge in [-0.05, 0) is 36.2 Å². The normalized spacial score (nSPS) is 15.8. The lowest BCUT2D eigenvalue weighted by molar-refractivity contribution is 0.250. The summed E-state index contributed by atoms with van der Waals surface area (Å²) in [6.45, 7) is 6.11. The van der Waals surface area contributed by atoms with Gasteiger partial charge in [0.2, 0.25) is 0 Å². The van der Waals surface area contributed by atoms with Crippen LogP contribution in [0.2, 0.25) is 0 Å². The molecule has 0 aliphatic carbocycles. The summed E-state index contributed by atoms with van der Waals surface area (Å²) >= 11 is 3.68. The van der Waals surface area contributed by atoms with Crippen LogP contribution in [0.3, 0.4) is 0 Å². The molecule has 1 saturated heterocycles. The number of anilines is 1. The average Bonchev–Trinajstić information content (AvgIpc) is 2.58. The van der Waals surface area contributed by atoms with E-state index in [2.05, 4.69) is 74.3 Å². The van der Waals surface area contributed by atoms with Crippen molar-refractivity contribution >= 4 is 21.6 Å². The molecule has 2 N–H and O–H groups in total. The van der Waals surface area contributed by atoms with Gasteiger partial charge in [-0.2, -0.15) is 0 Å². The van der Waals surface area contributed by atoms with Gasteiger partial charge < -0.3 is 10.6 Å². The molecule has 0 amide bonds. The molecule has 23 heavy (non-hydrogen) atoms. The summed E-state index contributed by atoms with van der Waals surface area (Å²) in [7, 11) is 0. The van der Waals surface area contributed by atoms with Gasteiger partial charge in [0.1, 0.15) is 0 Å². The molecule has 1 aliphatic rings. The van der Waals surface area contributed by atoms with E-state index in [1.807, 2.05) is 0 Å². The van der Waals surface area contributed by atoms with E-state index < -0.39 is 0 Å². The maximum atomic E-state index is 5.65. The molecule has 0 aromatic heterocycles. The molecular formula is C19H24BrN3. The molecule has 1 fully saturated rings. The first-order valence-electron chi connectivity index (χ1n) is 8.26. The highest BCUT2D eigenvalue weighted by molar-refractivity contribution is 9.10. The summed E-state index contributed by atoms with van der Waals surface area (Å²) in [5.41, 5.74) is 9.64. The van der Waals surface area contributed by atoms with E-state index in [1.165, 1.54) is 21.3 Å². The van der Waals surface area contributed by atoms with E-state index in [1.54, 1.807) is 0 Å². The predicted molar refractivity (Wildman–Crippen MR) is 101 cm³/mol. The van der Waals surface area contributed by atoms with Gasteiger partial charge in [-0.15, -0.1) is 0 Å². The molecule has 0 radical (unpaired) electrons. The standard InChI is InChI=1S/C19H24BrN3/c20-19-14-18(7-6-17(19)8-9-21)23-12-10-22(11-13-23)15-16-4-2-1-3-5-16/h1-7,14H,8-13,15,21H2. The van der Waals surface area contributed by atoms with Gasteiger partial charge in [0.05, 0.1) is 0 Å². The zero-order chi connectivity index (χ0) is 16.1. The quantitative estimate of drug-likeness (QED) is 0.872. The van der Waals surface area contributed by atoms with Gasteiger partial charge in [0, 0.05) is 42.9 Å². The fraction of sp³-hybridized carbons (Fsp3) is 0.368. The highest BCUT2D eigenvalue weighted by atomic mass is 79.9. The fourth-order valence-corrected chi connectivity index (χ4v) is 3.66. The third-order valence-corrected chi connectivity index (χ3v) is 5.17. The molecule has 3 rings (SSSR count). The Labute approximate surface area is 147 Å². The van der Waals surface area contributed by atoms with Crippen LogP contribution in [0.1, 0.15) is 11.1 Å². The molecule has 4 heteroatoms. The van der Waals surface area contributed by atoms with Crippen LogP contribution in [0.4, 0.5) is 5.69 Å². The second kappa shape index (κ2) is 7.95. The van der Waals surface area contributed by atoms with E-state index in [-0.39, 0.29) is 0 Å². The van der Waals surface area contributed by atoms with Crippen molar-refractivity contribution in [1.82, 2.24) is 4.90 Å². The van der Waals surface area contributed by atoms with E-state index in [0.29, 0.717) is 6.54 Å². The van der Waals surface area contributed by atoms with Crippen LogP contribution in [0.5, 0.6) is 0 Å². The van der Waals surface area contributed by atoms with Crippen molar-refractivity contribution in [1.29, 1.82) is 0 Å². The van der Waals surface area contributed by atoms with Gasteiger partial charge >= 0.3 is 0 Å². The lowest BCUT2D eigenvalue weighted by atomic mass is 10.1. The average molecular weight is 374 g/mol. The van der Waals surface area contributed by atoms with Crippen molar-refractivity contribution in [2.75, 3.05) is 37.6 Å². The lowest BCUT2D eigenvalue weighted by Crippen LogP contribution is -2.45. The Morgan fingerprint density at radius 2 is 1.70 bits per heavy atom. The number of rotatable bonds is 5. The molecule has 3 nitrogen and oxygen atoms in total. The first-order chi connectivity index (χ1) is 11.3. The molecular weight excluding hydrogens is 350 g/mol. The van der Waals surface area contributed by atoms with Crippen molar-refractivity contribution in [2.45, 2.75) is 13.0 Å². The molecule has 1 heterocycles. The summed E-state index contributed by atoms with van der Waals surface area (Å²) in [6, 6.07) is 17.4. The minimum absolute atomic E-state index is 0.691. The SMILES string of the molecule is NCCc1ccc(N2CCN(Cc3ccccc3)CC2)cc1Br. The maximum absolute atomic E-state index is 5.65. The summed E-state index contributed by atoms with van der Waals surface area (Å²) in [5, 5.41) is 0. The zero-order valence-corrected chi connectivity index (χ0v) is 15.0. The highest BCUT2D eigenvalue weighted by Crippen LogP contribution is 2.25. The molecule has 0 atom stereocenters. The van der Waals surface area contributed by atoms with Gasteiger partial charge in [0.25, 0.3) is 0 Å². The van der Waals surface area contributed by atoms with Crippen molar-refractivity contribution in [3.63, 3.8) is 0 Å². The van der Waals surface area contributed by atoms with Gasteiger partial charge in [-0.3, -0.25) is 4.90 Å². The lowest BCUT2D eigenvalue weighted by Gasteiger charge is -2.36. The highest BCUT2D eigenvalue weighted by Gasteiger charge is 2.17. The van der Waals surface area contributed by atoms with Crippen LogP contribution in [-0.4, -0.2) is 37.6 Å². The summed E-state index contributed by atoms with van der Waals surface area (Å²) in [4.78, 5) is 5.00. The Bertz CT molecular complexity index is 622. The van der Waals surface area contributed by atoms with Crippen LogP contribution in [0.15, 0.2) is 53.0 Å². The third kappa shape index (κ3) is 4.34. The monoisotopic (exact) mass is 373 g/mol. The topological polar surface area (TPSA) is 32.5 Å². The molecule has 1 aliphatic heterocycles. The van der Waals surface area contributed by atoms with E-state index >= 15 is 0 Å². The predicted octanol–water partition coefficient (Wildman–Crippen LogP) is 3.27. The number of hydrogen-bond acceptors (Lipinski definition) is 3. The Balaban J connectivity index is 1.57. The van der Waals surface area contributed by atoms with Crippen molar-refractivity contribution in [3.8, 4) is 0 Å². The van der Waals surface area contributed by atoms with Crippen molar-refractivity contribution in [3.05, 3.63) is 64.1 Å². The summed E-state index contributed by atoms with van der Waals surface area (Å²) < 4.78 is 1.17. The van der Waals surface area contributed by atoms with Gasteiger partial charge in [-0.25, -0.2) is 0 Å². The van der Waals surface area contributed by atoms with Crippen LogP contribution < -0.4 is 10.6 Å². The van der Waals surface area contributed by atoms with Crippen molar-refractivity contribution in [2.24, 2.45) is 5.73 Å². The Kier molecular flexibility index (Phi) is 5.70. The van der Waals surface area contributed by atoms with Gasteiger partial charge in [-0.1, -0.05) is 52.3 Å². The minimum atomic E-state index is 0.691. The van der Waals surface area contributed by atoms with Crippen LogP contribution >= 0.6 is 15.9 Å². The van der Waals surface area contributed by atoms with E-state index in [4.69, 9.17) is 5.73 Å². The molecule has 0 spiro atoms. The largest absolute Gasteiger partial charge is 0.369 e. The summed E-state index contributed by atoms with van der Waals surface area (Å²) in [5.74, 6) is 0. The molecule has 2 aromatic carbocycles. The first kappa shape index (κ1) is 16.5. The van der Waals surface area contributed by atoms with Crippen LogP contribution in [0, 0.1) is 0 Å². The second-order valence-electron chi connectivity index (χ2n) is 6.06. The van der Waals surface area contributed by atoms with Gasteiger partial charge in [0.15, 0.2) is 0 Å². The smallest absolute Gasteiger partial charge is 0.0378 e. The number of nitrogens with zero attached hydrogens (tertiary/aromatic N) is 2. The second-order valence-corrected chi connectivity index (χ2v) is 6.92. The number of nitrogens with two attached hydrogens (primary N) is 1. The molecule has 0 saturated carbocycles. The Morgan fingerprint density at radius 3 is 2.35 bits per heavy atom. The zero-order valence-electron chi connectivity index (χ0n) is 13.4. The van der Waals surface area contributed by atoms with E-state index in [0.717, 1.165) is 39.1 Å². The number of piperazine rings is 1. The maximum Gasteiger partial charge on any atom is 0.0378 e. The fourth-order valence-electron chi connectivity index (χ4n) is 3.10. The molecule has 2 aromatic rings. The van der Waals surface area contributed by atoms with Crippen LogP contribution in [-0.2, 0) is 13.0 Å². The number of halogens is 1. The third-order valence-electron chi connectivity index (χ3n) is 4.44. The molecule has 0 bridgehead atoms. The Morgan fingerprint density at radius 1 is 0.957 bits per heavy atom. The number of hydrogen-bond donors (Lipinski definition) is 1. The molecule has 122 valence electrons. The van der Waals surface area contributed by atoms with Crippen LogP contribution in [0.25, 0.3) is 0 Å². The molecule has 0 unspecified atom stereocenters. The first-order valence-corrected chi connectivity index (χ1v) is 9.05. The number of benzene rings is 2. The minimum Gasteiger partial charge on any atom is -0.369 e. The Hall–Kier alpha value is -1.36.